The van der Waals surface area contributed by atoms with E-state index in [-0.39, 0.29) is 5.28 Å². The number of aromatic nitrogens is 2. The monoisotopic (exact) mass is 258 g/mol. The first-order valence-corrected chi connectivity index (χ1v) is 6.93. The summed E-state index contributed by atoms with van der Waals surface area (Å²) in [5.74, 6) is 0.474. The van der Waals surface area contributed by atoms with Crippen LogP contribution in [0.2, 0.25) is 5.28 Å². The van der Waals surface area contributed by atoms with E-state index in [0.717, 1.165) is 18.8 Å². The number of halogens is 1. The molecule has 1 aliphatic heterocycles. The average molecular weight is 259 g/mol. The Balaban J connectivity index is 2.16. The van der Waals surface area contributed by atoms with Gasteiger partial charge in [0.25, 0.3) is 0 Å². The molecule has 0 saturated carbocycles. The van der Waals surface area contributed by atoms with Crippen LogP contribution in [0, 0.1) is 0 Å². The van der Waals surface area contributed by atoms with E-state index in [9.17, 15) is 0 Å². The third-order valence-electron chi connectivity index (χ3n) is 2.82. The molecule has 0 amide bonds. The fourth-order valence-electron chi connectivity index (χ4n) is 1.96. The van der Waals surface area contributed by atoms with Gasteiger partial charge in [-0.25, -0.2) is 4.98 Å². The van der Waals surface area contributed by atoms with E-state index in [1.54, 1.807) is 6.20 Å². The summed E-state index contributed by atoms with van der Waals surface area (Å²) < 4.78 is 0. The molecule has 1 fully saturated rings. The summed E-state index contributed by atoms with van der Waals surface area (Å²) in [5.41, 5.74) is 6.76. The molecule has 0 aromatic carbocycles. The van der Waals surface area contributed by atoms with Crippen LogP contribution in [0.15, 0.2) is 6.20 Å². The Morgan fingerprint density at radius 3 is 3.12 bits per heavy atom. The van der Waals surface area contributed by atoms with Crippen molar-refractivity contribution in [1.29, 1.82) is 0 Å². The fourth-order valence-corrected chi connectivity index (χ4v) is 2.83. The quantitative estimate of drug-likeness (QED) is 0.823. The normalized spacial score (nSPS) is 21.1. The van der Waals surface area contributed by atoms with Gasteiger partial charge in [-0.3, -0.25) is 0 Å². The SMILES string of the molecule is CSC1CCCN(c2cnc(Cl)nc2N)C1. The predicted molar refractivity (Wildman–Crippen MR) is 70.2 cm³/mol. The summed E-state index contributed by atoms with van der Waals surface area (Å²) in [4.78, 5) is 10.2. The van der Waals surface area contributed by atoms with Crippen LogP contribution in [0.25, 0.3) is 0 Å². The zero-order valence-electron chi connectivity index (χ0n) is 9.19. The molecule has 1 atom stereocenters. The van der Waals surface area contributed by atoms with Gasteiger partial charge >= 0.3 is 0 Å². The highest BCUT2D eigenvalue weighted by atomic mass is 35.5. The molecule has 0 spiro atoms. The molecule has 2 N–H and O–H groups in total. The maximum Gasteiger partial charge on any atom is 0.224 e. The van der Waals surface area contributed by atoms with E-state index < -0.39 is 0 Å². The lowest BCUT2D eigenvalue weighted by molar-refractivity contribution is 0.590. The Morgan fingerprint density at radius 1 is 1.62 bits per heavy atom. The molecule has 6 heteroatoms. The number of hydrogen-bond acceptors (Lipinski definition) is 5. The van der Waals surface area contributed by atoms with Crippen molar-refractivity contribution < 1.29 is 0 Å². The van der Waals surface area contributed by atoms with Gasteiger partial charge in [-0.15, -0.1) is 0 Å². The number of nitrogen functional groups attached to an aromatic ring is 1. The van der Waals surface area contributed by atoms with Crippen molar-refractivity contribution in [3.8, 4) is 0 Å². The molecular weight excluding hydrogens is 244 g/mol. The first-order chi connectivity index (χ1) is 7.70. The number of hydrogen-bond donors (Lipinski definition) is 1. The zero-order chi connectivity index (χ0) is 11.5. The van der Waals surface area contributed by atoms with E-state index in [0.29, 0.717) is 11.1 Å². The first kappa shape index (κ1) is 11.8. The van der Waals surface area contributed by atoms with E-state index >= 15 is 0 Å². The maximum atomic E-state index is 5.86. The summed E-state index contributed by atoms with van der Waals surface area (Å²) in [6.07, 6.45) is 6.32. The highest BCUT2D eigenvalue weighted by Gasteiger charge is 2.21. The van der Waals surface area contributed by atoms with Crippen molar-refractivity contribution in [3.63, 3.8) is 0 Å². The summed E-state index contributed by atoms with van der Waals surface area (Å²) in [6.45, 7) is 2.03. The van der Waals surface area contributed by atoms with Crippen LogP contribution in [0.5, 0.6) is 0 Å². The Hall–Kier alpha value is -0.680. The summed E-state index contributed by atoms with van der Waals surface area (Å²) in [6, 6.07) is 0. The lowest BCUT2D eigenvalue weighted by atomic mass is 10.1. The lowest BCUT2D eigenvalue weighted by Gasteiger charge is -2.33. The molecule has 0 radical (unpaired) electrons. The molecule has 16 heavy (non-hydrogen) atoms. The third kappa shape index (κ3) is 2.52. The smallest absolute Gasteiger partial charge is 0.224 e. The molecule has 0 aliphatic carbocycles. The minimum Gasteiger partial charge on any atom is -0.382 e. The van der Waals surface area contributed by atoms with E-state index in [1.807, 2.05) is 11.8 Å². The van der Waals surface area contributed by atoms with Crippen LogP contribution in [0.4, 0.5) is 11.5 Å². The van der Waals surface area contributed by atoms with Crippen molar-refractivity contribution >= 4 is 34.9 Å². The summed E-state index contributed by atoms with van der Waals surface area (Å²) >= 11 is 7.59. The third-order valence-corrected chi connectivity index (χ3v) is 4.05. The number of anilines is 2. The standard InChI is InChI=1S/C10H15ClN4S/c1-16-7-3-2-4-15(6-7)8-5-13-10(11)14-9(8)12/h5,7H,2-4,6H2,1H3,(H2,12,13,14). The van der Waals surface area contributed by atoms with Crippen LogP contribution in [0.3, 0.4) is 0 Å². The van der Waals surface area contributed by atoms with Gasteiger partial charge in [0.1, 0.15) is 0 Å². The second-order valence-electron chi connectivity index (χ2n) is 3.86. The number of rotatable bonds is 2. The largest absolute Gasteiger partial charge is 0.382 e. The molecule has 2 heterocycles. The van der Waals surface area contributed by atoms with Crippen LogP contribution in [0.1, 0.15) is 12.8 Å². The van der Waals surface area contributed by atoms with Crippen molar-refractivity contribution in [1.82, 2.24) is 9.97 Å². The second-order valence-corrected chi connectivity index (χ2v) is 5.33. The molecule has 1 aromatic rings. The van der Waals surface area contributed by atoms with Gasteiger partial charge in [-0.2, -0.15) is 16.7 Å². The average Bonchev–Trinajstić information content (AvgIpc) is 2.29. The zero-order valence-corrected chi connectivity index (χ0v) is 10.8. The number of nitrogens with two attached hydrogens (primary N) is 1. The van der Waals surface area contributed by atoms with E-state index in [4.69, 9.17) is 17.3 Å². The molecule has 2 rings (SSSR count). The van der Waals surface area contributed by atoms with E-state index in [2.05, 4.69) is 21.1 Å². The first-order valence-electron chi connectivity index (χ1n) is 5.26. The summed E-state index contributed by atoms with van der Waals surface area (Å²) in [7, 11) is 0. The highest BCUT2D eigenvalue weighted by Crippen LogP contribution is 2.28. The number of piperidine rings is 1. The molecule has 1 aliphatic rings. The van der Waals surface area contributed by atoms with Crippen molar-refractivity contribution in [2.24, 2.45) is 0 Å². The van der Waals surface area contributed by atoms with Gasteiger partial charge < -0.3 is 10.6 Å². The lowest BCUT2D eigenvalue weighted by Crippen LogP contribution is -2.37. The molecule has 1 aromatic heterocycles. The van der Waals surface area contributed by atoms with Crippen LogP contribution >= 0.6 is 23.4 Å². The number of nitrogens with zero attached hydrogens (tertiary/aromatic N) is 3. The Morgan fingerprint density at radius 2 is 2.44 bits per heavy atom. The van der Waals surface area contributed by atoms with Crippen molar-refractivity contribution in [2.45, 2.75) is 18.1 Å². The minimum absolute atomic E-state index is 0.208. The fraction of sp³-hybridized carbons (Fsp3) is 0.600. The Kier molecular flexibility index (Phi) is 3.76. The van der Waals surface area contributed by atoms with Gasteiger partial charge in [-0.1, -0.05) is 0 Å². The molecule has 4 nitrogen and oxygen atoms in total. The molecule has 1 saturated heterocycles. The Bertz CT molecular complexity index is 374. The predicted octanol–water partition coefficient (Wildman–Crippen LogP) is 2.04. The van der Waals surface area contributed by atoms with Gasteiger partial charge in [0.15, 0.2) is 5.82 Å². The van der Waals surface area contributed by atoms with Crippen molar-refractivity contribution in [3.05, 3.63) is 11.5 Å². The molecule has 0 bridgehead atoms. The van der Waals surface area contributed by atoms with Crippen molar-refractivity contribution in [2.75, 3.05) is 30.0 Å². The van der Waals surface area contributed by atoms with Gasteiger partial charge in [-0.05, 0) is 30.7 Å². The highest BCUT2D eigenvalue weighted by molar-refractivity contribution is 7.99. The maximum absolute atomic E-state index is 5.86. The topological polar surface area (TPSA) is 55.0 Å². The van der Waals surface area contributed by atoms with Crippen LogP contribution in [-0.2, 0) is 0 Å². The van der Waals surface area contributed by atoms with Gasteiger partial charge in [0.05, 0.1) is 11.9 Å². The van der Waals surface area contributed by atoms with Gasteiger partial charge in [0.2, 0.25) is 5.28 Å². The Labute approximate surface area is 105 Å². The minimum atomic E-state index is 0.208. The van der Waals surface area contributed by atoms with Crippen LogP contribution in [-0.4, -0.2) is 34.6 Å². The number of thioether (sulfide) groups is 1. The van der Waals surface area contributed by atoms with E-state index in [1.165, 1.54) is 12.8 Å². The summed E-state index contributed by atoms with van der Waals surface area (Å²) in [5, 5.41) is 0.878. The second kappa shape index (κ2) is 5.10. The van der Waals surface area contributed by atoms with Gasteiger partial charge in [0, 0.05) is 18.3 Å². The van der Waals surface area contributed by atoms with Crippen LogP contribution < -0.4 is 10.6 Å². The molecular formula is C10H15ClN4S. The molecule has 88 valence electrons. The molecule has 1 unspecified atom stereocenters.